The minimum atomic E-state index is -1.16. The predicted octanol–water partition coefficient (Wildman–Crippen LogP) is 5.52. The van der Waals surface area contributed by atoms with Gasteiger partial charge in [-0.2, -0.15) is 0 Å². The van der Waals surface area contributed by atoms with Gasteiger partial charge in [0.05, 0.1) is 17.0 Å². The molecule has 2 aromatic carbocycles. The molecule has 1 heterocycles. The maximum atomic E-state index is 13.2. The van der Waals surface area contributed by atoms with Crippen molar-refractivity contribution in [3.8, 4) is 5.75 Å². The molecule has 188 valence electrons. The van der Waals surface area contributed by atoms with Gasteiger partial charge in [0, 0.05) is 23.9 Å². The number of pyridine rings is 1. The van der Waals surface area contributed by atoms with Gasteiger partial charge < -0.3 is 14.6 Å². The number of carboxylic acid groups (broad SMARTS) is 1. The Balaban J connectivity index is 2.03. The maximum absolute atomic E-state index is 13.2. The number of carbonyl (C=O) groups excluding carboxylic acids is 1. The second-order valence-electron chi connectivity index (χ2n) is 9.06. The lowest BCUT2D eigenvalue weighted by Crippen LogP contribution is -2.37. The van der Waals surface area contributed by atoms with E-state index in [0.29, 0.717) is 16.9 Å². The minimum absolute atomic E-state index is 0.0392. The molecule has 0 fully saturated rings. The van der Waals surface area contributed by atoms with Crippen LogP contribution in [0.1, 0.15) is 47.8 Å². The number of non-ortho nitro benzene ring substituents is 1. The molecule has 3 rings (SSSR count). The summed E-state index contributed by atoms with van der Waals surface area (Å²) in [6, 6.07) is 14.9. The number of hydrogen-bond donors (Lipinski definition) is 1. The molecular weight excluding hydrogens is 466 g/mol. The quantitative estimate of drug-likeness (QED) is 0.321. The molecule has 1 aromatic heterocycles. The first-order valence-electron chi connectivity index (χ1n) is 11.1. The second kappa shape index (κ2) is 10.9. The smallest absolute Gasteiger partial charge is 0.416 e. The highest BCUT2D eigenvalue weighted by atomic mass is 16.6. The van der Waals surface area contributed by atoms with E-state index < -0.39 is 22.6 Å². The number of hydrogen-bond acceptors (Lipinski definition) is 7. The third-order valence-corrected chi connectivity index (χ3v) is 4.99. The lowest BCUT2D eigenvalue weighted by atomic mass is 10.1. The molecule has 0 atom stereocenters. The van der Waals surface area contributed by atoms with E-state index in [1.807, 2.05) is 30.3 Å². The van der Waals surface area contributed by atoms with E-state index in [4.69, 9.17) is 9.47 Å². The van der Waals surface area contributed by atoms with Crippen LogP contribution in [-0.4, -0.2) is 32.7 Å². The lowest BCUT2D eigenvalue weighted by molar-refractivity contribution is -0.384. The van der Waals surface area contributed by atoms with Crippen molar-refractivity contribution >= 4 is 23.6 Å². The molecular formula is C26H27N3O7. The van der Waals surface area contributed by atoms with Gasteiger partial charge in [-0.15, -0.1) is 0 Å². The topological polar surface area (TPSA) is 132 Å². The molecule has 0 radical (unpaired) electrons. The molecule has 0 saturated carbocycles. The first kappa shape index (κ1) is 26.1. The van der Waals surface area contributed by atoms with Gasteiger partial charge in [0.2, 0.25) is 0 Å². The number of aromatic nitrogens is 1. The number of carbonyl (C=O) groups is 2. The summed E-state index contributed by atoms with van der Waals surface area (Å²) in [6.07, 6.45) is 0.393. The molecule has 0 unspecified atom stereocenters. The summed E-state index contributed by atoms with van der Waals surface area (Å²) in [5, 5.41) is 20.8. The van der Waals surface area contributed by atoms with Gasteiger partial charge in [0.15, 0.2) is 0 Å². The van der Waals surface area contributed by atoms with Crippen molar-refractivity contribution in [1.82, 2.24) is 4.98 Å². The number of ether oxygens (including phenoxy) is 2. The first-order chi connectivity index (χ1) is 16.9. The molecule has 0 aliphatic heterocycles. The standard InChI is InChI=1S/C26H27N3O7/c1-17-12-19(24(30)31)14-27-23(17)28(25(32)36-26(2,3)4)15-20-13-21(29(33)34)10-11-22(20)35-16-18-8-6-5-7-9-18/h5-14H,15-16H2,1-4H3,(H,30,31). The molecule has 0 saturated heterocycles. The highest BCUT2D eigenvalue weighted by molar-refractivity contribution is 5.90. The summed E-state index contributed by atoms with van der Waals surface area (Å²) in [4.78, 5) is 40.9. The average molecular weight is 494 g/mol. The van der Waals surface area contributed by atoms with Crippen molar-refractivity contribution in [3.05, 3.63) is 93.2 Å². The number of rotatable bonds is 8. The Morgan fingerprint density at radius 3 is 2.39 bits per heavy atom. The minimum Gasteiger partial charge on any atom is -0.489 e. The van der Waals surface area contributed by atoms with Crippen LogP contribution in [0.2, 0.25) is 0 Å². The largest absolute Gasteiger partial charge is 0.489 e. The fraction of sp³-hybridized carbons (Fsp3) is 0.269. The zero-order chi connectivity index (χ0) is 26.5. The van der Waals surface area contributed by atoms with Crippen LogP contribution in [0, 0.1) is 17.0 Å². The van der Waals surface area contributed by atoms with E-state index in [-0.39, 0.29) is 30.2 Å². The Labute approximate surface area is 208 Å². The number of carboxylic acids is 1. The summed E-state index contributed by atoms with van der Waals surface area (Å²) < 4.78 is 11.5. The van der Waals surface area contributed by atoms with Gasteiger partial charge in [-0.25, -0.2) is 14.6 Å². The van der Waals surface area contributed by atoms with Crippen molar-refractivity contribution in [3.63, 3.8) is 0 Å². The molecule has 1 N–H and O–H groups in total. The molecule has 0 spiro atoms. The van der Waals surface area contributed by atoms with Crippen molar-refractivity contribution in [2.24, 2.45) is 0 Å². The Kier molecular flexibility index (Phi) is 7.88. The van der Waals surface area contributed by atoms with E-state index >= 15 is 0 Å². The third-order valence-electron chi connectivity index (χ3n) is 4.99. The van der Waals surface area contributed by atoms with Crippen molar-refractivity contribution < 1.29 is 29.1 Å². The molecule has 0 aliphatic carbocycles. The van der Waals surface area contributed by atoms with Gasteiger partial charge in [-0.3, -0.25) is 15.0 Å². The van der Waals surface area contributed by atoms with Crippen LogP contribution in [0.15, 0.2) is 60.8 Å². The molecule has 3 aromatic rings. The first-order valence-corrected chi connectivity index (χ1v) is 11.1. The van der Waals surface area contributed by atoms with Crippen LogP contribution in [-0.2, 0) is 17.9 Å². The number of aromatic carboxylic acids is 1. The third kappa shape index (κ3) is 6.78. The van der Waals surface area contributed by atoms with Gasteiger partial charge >= 0.3 is 12.1 Å². The molecule has 36 heavy (non-hydrogen) atoms. The van der Waals surface area contributed by atoms with E-state index in [1.165, 1.54) is 29.2 Å². The summed E-state index contributed by atoms with van der Waals surface area (Å²) in [7, 11) is 0. The van der Waals surface area contributed by atoms with Crippen molar-refractivity contribution in [2.75, 3.05) is 4.90 Å². The molecule has 0 bridgehead atoms. The van der Waals surface area contributed by atoms with Crippen LogP contribution >= 0.6 is 0 Å². The van der Waals surface area contributed by atoms with Crippen molar-refractivity contribution in [1.29, 1.82) is 0 Å². The Bertz CT molecular complexity index is 1270. The monoisotopic (exact) mass is 493 g/mol. The fourth-order valence-corrected chi connectivity index (χ4v) is 3.36. The van der Waals surface area contributed by atoms with Crippen LogP contribution < -0.4 is 9.64 Å². The van der Waals surface area contributed by atoms with Crippen molar-refractivity contribution in [2.45, 2.75) is 46.4 Å². The Hall–Kier alpha value is -4.47. The van der Waals surface area contributed by atoms with Gasteiger partial charge in [0.25, 0.3) is 5.69 Å². The zero-order valence-electron chi connectivity index (χ0n) is 20.4. The summed E-state index contributed by atoms with van der Waals surface area (Å²) in [5.74, 6) is -0.649. The Morgan fingerprint density at radius 1 is 1.11 bits per heavy atom. The lowest BCUT2D eigenvalue weighted by Gasteiger charge is -2.28. The highest BCUT2D eigenvalue weighted by Gasteiger charge is 2.28. The summed E-state index contributed by atoms with van der Waals surface area (Å²) in [5.41, 5.74) is 0.620. The second-order valence-corrected chi connectivity index (χ2v) is 9.06. The van der Waals surface area contributed by atoms with Gasteiger partial charge in [-0.05, 0) is 51.0 Å². The van der Waals surface area contributed by atoms with E-state index in [9.17, 15) is 24.8 Å². The predicted molar refractivity (Wildman–Crippen MR) is 132 cm³/mol. The van der Waals surface area contributed by atoms with E-state index in [1.54, 1.807) is 27.7 Å². The normalized spacial score (nSPS) is 11.0. The molecule has 10 heteroatoms. The van der Waals surface area contributed by atoms with E-state index in [2.05, 4.69) is 4.98 Å². The average Bonchev–Trinajstić information content (AvgIpc) is 2.81. The zero-order valence-corrected chi connectivity index (χ0v) is 20.4. The van der Waals surface area contributed by atoms with Crippen LogP contribution in [0.5, 0.6) is 5.75 Å². The maximum Gasteiger partial charge on any atom is 0.416 e. The van der Waals surface area contributed by atoms with E-state index in [0.717, 1.165) is 11.8 Å². The van der Waals surface area contributed by atoms with Crippen LogP contribution in [0.3, 0.4) is 0 Å². The van der Waals surface area contributed by atoms with Gasteiger partial charge in [0.1, 0.15) is 23.8 Å². The molecule has 1 amide bonds. The number of nitro benzene ring substituents is 1. The van der Waals surface area contributed by atoms with Crippen LogP contribution in [0.4, 0.5) is 16.3 Å². The summed E-state index contributed by atoms with van der Waals surface area (Å²) >= 11 is 0. The number of anilines is 1. The molecule has 10 nitrogen and oxygen atoms in total. The highest BCUT2D eigenvalue weighted by Crippen LogP contribution is 2.30. The SMILES string of the molecule is Cc1cc(C(=O)O)cnc1N(Cc1cc([N+](=O)[O-])ccc1OCc1ccccc1)C(=O)OC(C)(C)C. The van der Waals surface area contributed by atoms with Gasteiger partial charge in [-0.1, -0.05) is 30.3 Å². The number of aryl methyl sites for hydroxylation is 1. The molecule has 0 aliphatic rings. The Morgan fingerprint density at radius 2 is 1.81 bits per heavy atom. The number of nitro groups is 1. The number of nitrogens with zero attached hydrogens (tertiary/aromatic N) is 3. The number of benzene rings is 2. The fourth-order valence-electron chi connectivity index (χ4n) is 3.36. The number of amides is 1. The summed E-state index contributed by atoms with van der Waals surface area (Å²) in [6.45, 7) is 6.78. The van der Waals surface area contributed by atoms with Crippen LogP contribution in [0.25, 0.3) is 0 Å².